The average Bonchev–Trinajstić information content (AvgIpc) is 3.04. The molecule has 1 saturated heterocycles. The molecule has 0 N–H and O–H groups in total. The summed E-state index contributed by atoms with van der Waals surface area (Å²) in [5, 5.41) is 0. The van der Waals surface area contributed by atoms with Crippen LogP contribution in [0, 0.1) is 0 Å². The van der Waals surface area contributed by atoms with E-state index in [0.29, 0.717) is 0 Å². The summed E-state index contributed by atoms with van der Waals surface area (Å²) < 4.78 is 5.90. The third-order valence-corrected chi connectivity index (χ3v) is 4.69. The molecular formula is C20H32N2O2. The Labute approximate surface area is 146 Å². The molecule has 1 aromatic carbocycles. The summed E-state index contributed by atoms with van der Waals surface area (Å²) in [5.41, 5.74) is 1.28. The van der Waals surface area contributed by atoms with Crippen LogP contribution in [0.2, 0.25) is 0 Å². The molecule has 134 valence electrons. The van der Waals surface area contributed by atoms with E-state index in [-0.39, 0.29) is 11.3 Å². The van der Waals surface area contributed by atoms with Crippen LogP contribution in [0.1, 0.15) is 46.1 Å². The fourth-order valence-electron chi connectivity index (χ4n) is 3.01. The van der Waals surface area contributed by atoms with Gasteiger partial charge in [-0.15, -0.1) is 0 Å². The molecule has 1 unspecified atom stereocenters. The predicted molar refractivity (Wildman–Crippen MR) is 98.5 cm³/mol. The number of hydrogen-bond acceptors (Lipinski definition) is 3. The zero-order chi connectivity index (χ0) is 17.7. The highest BCUT2D eigenvalue weighted by molar-refractivity contribution is 5.80. The number of rotatable bonds is 6. The number of amides is 1. The van der Waals surface area contributed by atoms with Crippen LogP contribution in [-0.4, -0.2) is 55.0 Å². The Balaban J connectivity index is 1.88. The van der Waals surface area contributed by atoms with Crippen molar-refractivity contribution in [3.05, 3.63) is 29.8 Å². The number of carbonyl (C=O) groups is 1. The van der Waals surface area contributed by atoms with Crippen LogP contribution in [0.3, 0.4) is 0 Å². The predicted octanol–water partition coefficient (Wildman–Crippen LogP) is 3.31. The first-order valence-electron chi connectivity index (χ1n) is 9.02. The van der Waals surface area contributed by atoms with E-state index in [0.717, 1.165) is 31.9 Å². The monoisotopic (exact) mass is 332 g/mol. The second-order valence-electron chi connectivity index (χ2n) is 7.85. The molecule has 1 fully saturated rings. The van der Waals surface area contributed by atoms with Crippen molar-refractivity contribution >= 4 is 5.91 Å². The van der Waals surface area contributed by atoms with E-state index in [9.17, 15) is 4.79 Å². The number of likely N-dealkylation sites (N-methyl/N-ethyl adjacent to an activating group) is 1. The molecule has 0 radical (unpaired) electrons. The standard InChI is InChI=1S/C20H32N2O2/c1-16(19(23)21(5)13-14-22-11-6-7-12-22)24-18-10-8-9-17(15-18)20(2,3)4/h8-10,15-16H,6-7,11-14H2,1-5H3. The Morgan fingerprint density at radius 2 is 1.96 bits per heavy atom. The first-order valence-corrected chi connectivity index (χ1v) is 9.02. The fraction of sp³-hybridized carbons (Fsp3) is 0.650. The SMILES string of the molecule is CC(Oc1cccc(C(C)(C)C)c1)C(=O)N(C)CCN1CCCC1. The van der Waals surface area contributed by atoms with Crippen molar-refractivity contribution in [3.8, 4) is 5.75 Å². The Hall–Kier alpha value is -1.55. The molecule has 1 atom stereocenters. The lowest BCUT2D eigenvalue weighted by Gasteiger charge is -2.25. The van der Waals surface area contributed by atoms with Crippen LogP contribution in [0.25, 0.3) is 0 Å². The first kappa shape index (κ1) is 18.8. The van der Waals surface area contributed by atoms with Gasteiger partial charge in [-0.25, -0.2) is 0 Å². The van der Waals surface area contributed by atoms with Crippen molar-refractivity contribution in [2.24, 2.45) is 0 Å². The summed E-state index contributed by atoms with van der Waals surface area (Å²) in [7, 11) is 1.86. The quantitative estimate of drug-likeness (QED) is 0.801. The van der Waals surface area contributed by atoms with Crippen molar-refractivity contribution in [1.29, 1.82) is 0 Å². The van der Waals surface area contributed by atoms with Crippen molar-refractivity contribution < 1.29 is 9.53 Å². The lowest BCUT2D eigenvalue weighted by Crippen LogP contribution is -2.41. The van der Waals surface area contributed by atoms with Crippen LogP contribution in [0.15, 0.2) is 24.3 Å². The molecule has 4 nitrogen and oxygen atoms in total. The Morgan fingerprint density at radius 3 is 2.58 bits per heavy atom. The second-order valence-corrected chi connectivity index (χ2v) is 7.85. The van der Waals surface area contributed by atoms with Gasteiger partial charge in [-0.05, 0) is 56.0 Å². The lowest BCUT2D eigenvalue weighted by molar-refractivity contribution is -0.136. The van der Waals surface area contributed by atoms with E-state index < -0.39 is 6.10 Å². The summed E-state index contributed by atoms with van der Waals surface area (Å²) in [5.74, 6) is 0.798. The molecule has 1 aromatic rings. The van der Waals surface area contributed by atoms with E-state index in [4.69, 9.17) is 4.74 Å². The van der Waals surface area contributed by atoms with Gasteiger partial charge in [0.2, 0.25) is 0 Å². The normalized spacial score (nSPS) is 16.9. The fourth-order valence-corrected chi connectivity index (χ4v) is 3.01. The molecule has 24 heavy (non-hydrogen) atoms. The van der Waals surface area contributed by atoms with E-state index in [1.165, 1.54) is 18.4 Å². The minimum atomic E-state index is -0.469. The smallest absolute Gasteiger partial charge is 0.263 e. The highest BCUT2D eigenvalue weighted by atomic mass is 16.5. The molecule has 0 saturated carbocycles. The third-order valence-electron chi connectivity index (χ3n) is 4.69. The van der Waals surface area contributed by atoms with Gasteiger partial charge in [0, 0.05) is 20.1 Å². The molecular weight excluding hydrogens is 300 g/mol. The largest absolute Gasteiger partial charge is 0.481 e. The van der Waals surface area contributed by atoms with Gasteiger partial charge >= 0.3 is 0 Å². The van der Waals surface area contributed by atoms with Crippen molar-refractivity contribution in [2.75, 3.05) is 33.2 Å². The number of carbonyl (C=O) groups excluding carboxylic acids is 1. The van der Waals surface area contributed by atoms with E-state index in [2.05, 4.69) is 31.7 Å². The maximum Gasteiger partial charge on any atom is 0.263 e. The minimum Gasteiger partial charge on any atom is -0.481 e. The Kier molecular flexibility index (Phi) is 6.27. The van der Waals surface area contributed by atoms with Gasteiger partial charge in [0.05, 0.1) is 0 Å². The summed E-state index contributed by atoms with van der Waals surface area (Å²) in [6.45, 7) is 12.4. The maximum absolute atomic E-state index is 12.5. The summed E-state index contributed by atoms with van der Waals surface area (Å²) in [6, 6.07) is 8.04. The molecule has 4 heteroatoms. The highest BCUT2D eigenvalue weighted by Gasteiger charge is 2.21. The van der Waals surface area contributed by atoms with Crippen LogP contribution in [0.4, 0.5) is 0 Å². The number of hydrogen-bond donors (Lipinski definition) is 0. The molecule has 0 bridgehead atoms. The van der Waals surface area contributed by atoms with E-state index in [1.54, 1.807) is 4.90 Å². The zero-order valence-corrected chi connectivity index (χ0v) is 15.8. The lowest BCUT2D eigenvalue weighted by atomic mass is 9.87. The zero-order valence-electron chi connectivity index (χ0n) is 15.8. The summed E-state index contributed by atoms with van der Waals surface area (Å²) >= 11 is 0. The van der Waals surface area contributed by atoms with Gasteiger partial charge in [0.15, 0.2) is 6.10 Å². The van der Waals surface area contributed by atoms with Gasteiger partial charge in [0.1, 0.15) is 5.75 Å². The van der Waals surface area contributed by atoms with Gasteiger partial charge < -0.3 is 14.5 Å². The minimum absolute atomic E-state index is 0.0374. The topological polar surface area (TPSA) is 32.8 Å². The maximum atomic E-state index is 12.5. The average molecular weight is 332 g/mol. The summed E-state index contributed by atoms with van der Waals surface area (Å²) in [4.78, 5) is 16.7. The van der Waals surface area contributed by atoms with Gasteiger partial charge in [-0.3, -0.25) is 4.79 Å². The van der Waals surface area contributed by atoms with Crippen molar-refractivity contribution in [1.82, 2.24) is 9.80 Å². The van der Waals surface area contributed by atoms with E-state index >= 15 is 0 Å². The van der Waals surface area contributed by atoms with Crippen LogP contribution in [0.5, 0.6) is 5.75 Å². The second kappa shape index (κ2) is 8.02. The van der Waals surface area contributed by atoms with Crippen LogP contribution in [-0.2, 0) is 10.2 Å². The van der Waals surface area contributed by atoms with Crippen LogP contribution < -0.4 is 4.74 Å². The number of likely N-dealkylation sites (tertiary alicyclic amines) is 1. The van der Waals surface area contributed by atoms with Crippen molar-refractivity contribution in [2.45, 2.75) is 52.1 Å². The Bertz CT molecular complexity index is 545. The molecule has 2 rings (SSSR count). The molecule has 1 amide bonds. The Morgan fingerprint density at radius 1 is 1.29 bits per heavy atom. The van der Waals surface area contributed by atoms with Crippen molar-refractivity contribution in [3.63, 3.8) is 0 Å². The molecule has 0 spiro atoms. The molecule has 1 aliphatic rings. The summed E-state index contributed by atoms with van der Waals surface area (Å²) in [6.07, 6.45) is 2.09. The molecule has 1 aliphatic heterocycles. The molecule has 0 aromatic heterocycles. The first-order chi connectivity index (χ1) is 11.3. The number of benzene rings is 1. The highest BCUT2D eigenvalue weighted by Crippen LogP contribution is 2.26. The number of ether oxygens (including phenoxy) is 1. The molecule has 1 heterocycles. The van der Waals surface area contributed by atoms with E-state index in [1.807, 2.05) is 32.2 Å². The van der Waals surface area contributed by atoms with Gasteiger partial charge in [-0.1, -0.05) is 32.9 Å². The molecule has 0 aliphatic carbocycles. The van der Waals surface area contributed by atoms with Crippen LogP contribution >= 0.6 is 0 Å². The third kappa shape index (κ3) is 5.23. The number of nitrogens with zero attached hydrogens (tertiary/aromatic N) is 2. The van der Waals surface area contributed by atoms with Gasteiger partial charge in [0.25, 0.3) is 5.91 Å². The van der Waals surface area contributed by atoms with Gasteiger partial charge in [-0.2, -0.15) is 0 Å².